The van der Waals surface area contributed by atoms with Crippen molar-refractivity contribution >= 4 is 34.7 Å². The molecule has 1 N–H and O–H groups in total. The van der Waals surface area contributed by atoms with Crippen molar-refractivity contribution in [1.82, 2.24) is 15.2 Å². The van der Waals surface area contributed by atoms with Gasteiger partial charge in [-0.25, -0.2) is 4.98 Å². The number of aromatic nitrogens is 3. The van der Waals surface area contributed by atoms with E-state index in [2.05, 4.69) is 20.5 Å². The molecular weight excluding hydrogens is 388 g/mol. The molecular formula is C17H16N4O4S2. The summed E-state index contributed by atoms with van der Waals surface area (Å²) in [6, 6.07) is 5.27. The molecule has 3 heterocycles. The molecule has 27 heavy (non-hydrogen) atoms. The molecule has 0 saturated heterocycles. The second-order valence-corrected chi connectivity index (χ2v) is 8.17. The summed E-state index contributed by atoms with van der Waals surface area (Å²) < 4.78 is 16.2. The summed E-state index contributed by atoms with van der Waals surface area (Å²) in [4.78, 5) is 16.8. The van der Waals surface area contributed by atoms with Crippen molar-refractivity contribution in [3.05, 3.63) is 40.2 Å². The summed E-state index contributed by atoms with van der Waals surface area (Å²) in [6.07, 6.45) is 0.482. The number of hydrogen-bond acceptors (Lipinski definition) is 9. The zero-order valence-electron chi connectivity index (χ0n) is 14.6. The van der Waals surface area contributed by atoms with Crippen molar-refractivity contribution in [3.63, 3.8) is 0 Å². The molecule has 1 atom stereocenters. The van der Waals surface area contributed by atoms with Crippen LogP contribution >= 0.6 is 23.1 Å². The molecule has 1 aliphatic heterocycles. The number of ether oxygens (including phenoxy) is 2. The molecule has 8 nitrogen and oxygen atoms in total. The molecule has 0 unspecified atom stereocenters. The number of anilines is 1. The standard InChI is InChI=1S/C17H16N4O4S2/c1-9(16(22)19-11-3-4-13-14(5-11)24-8-23-13)27-17-21-20-15(25-17)6-12-7-26-10(2)18-12/h3-5,7,9H,6,8H2,1-2H3,(H,19,22)/t9-/m1/s1. The van der Waals surface area contributed by atoms with E-state index in [4.69, 9.17) is 13.9 Å². The van der Waals surface area contributed by atoms with Crippen LogP contribution in [-0.2, 0) is 11.2 Å². The van der Waals surface area contributed by atoms with Gasteiger partial charge in [0.15, 0.2) is 11.5 Å². The molecule has 0 saturated carbocycles. The number of nitrogens with one attached hydrogen (secondary N) is 1. The number of aryl methyl sites for hydroxylation is 1. The number of thiazole rings is 1. The zero-order valence-corrected chi connectivity index (χ0v) is 16.2. The van der Waals surface area contributed by atoms with E-state index in [1.54, 1.807) is 36.5 Å². The topological polar surface area (TPSA) is 99.4 Å². The smallest absolute Gasteiger partial charge is 0.277 e. The maximum atomic E-state index is 12.4. The van der Waals surface area contributed by atoms with Gasteiger partial charge in [0.25, 0.3) is 5.22 Å². The van der Waals surface area contributed by atoms with Crippen molar-refractivity contribution in [2.45, 2.75) is 30.7 Å². The fourth-order valence-corrected chi connectivity index (χ4v) is 3.74. The number of hydrogen-bond donors (Lipinski definition) is 1. The second kappa shape index (κ2) is 7.57. The molecule has 1 aromatic carbocycles. The Hall–Kier alpha value is -2.59. The van der Waals surface area contributed by atoms with E-state index in [1.165, 1.54) is 11.8 Å². The second-order valence-electron chi connectivity index (χ2n) is 5.81. The minimum atomic E-state index is -0.412. The maximum Gasteiger partial charge on any atom is 0.277 e. The molecule has 0 spiro atoms. The third-order valence-electron chi connectivity index (χ3n) is 3.73. The number of thioether (sulfide) groups is 1. The number of carbonyl (C=O) groups is 1. The van der Waals surface area contributed by atoms with Crippen LogP contribution in [0.5, 0.6) is 11.5 Å². The molecule has 2 aromatic heterocycles. The number of rotatable bonds is 6. The van der Waals surface area contributed by atoms with Gasteiger partial charge in [0.2, 0.25) is 18.6 Å². The molecule has 1 aliphatic rings. The normalized spacial score (nSPS) is 13.6. The molecule has 0 fully saturated rings. The van der Waals surface area contributed by atoms with Crippen LogP contribution in [0.25, 0.3) is 0 Å². The van der Waals surface area contributed by atoms with Gasteiger partial charge in [0, 0.05) is 17.1 Å². The average molecular weight is 404 g/mol. The van der Waals surface area contributed by atoms with E-state index in [0.717, 1.165) is 10.7 Å². The van der Waals surface area contributed by atoms with Gasteiger partial charge < -0.3 is 19.2 Å². The highest BCUT2D eigenvalue weighted by molar-refractivity contribution is 8.00. The van der Waals surface area contributed by atoms with Gasteiger partial charge in [-0.05, 0) is 26.0 Å². The quantitative estimate of drug-likeness (QED) is 0.625. The van der Waals surface area contributed by atoms with Crippen LogP contribution in [0.3, 0.4) is 0 Å². The lowest BCUT2D eigenvalue weighted by atomic mass is 10.2. The molecule has 0 radical (unpaired) electrons. The van der Waals surface area contributed by atoms with Gasteiger partial charge in [0.05, 0.1) is 22.4 Å². The Kier molecular flexibility index (Phi) is 4.99. The molecule has 0 aliphatic carbocycles. The van der Waals surface area contributed by atoms with E-state index >= 15 is 0 Å². The first kappa shape index (κ1) is 17.8. The Balaban J connectivity index is 1.34. The summed E-state index contributed by atoms with van der Waals surface area (Å²) in [5.74, 6) is 1.59. The first-order chi connectivity index (χ1) is 13.1. The fraction of sp³-hybridized carbons (Fsp3) is 0.294. The lowest BCUT2D eigenvalue weighted by molar-refractivity contribution is -0.115. The molecule has 4 rings (SSSR count). The first-order valence-corrected chi connectivity index (χ1v) is 9.93. The summed E-state index contributed by atoms with van der Waals surface area (Å²) in [5, 5.41) is 13.8. The van der Waals surface area contributed by atoms with E-state index in [0.29, 0.717) is 34.7 Å². The van der Waals surface area contributed by atoms with Gasteiger partial charge in [-0.3, -0.25) is 4.79 Å². The summed E-state index contributed by atoms with van der Waals surface area (Å²) in [6.45, 7) is 3.92. The van der Waals surface area contributed by atoms with Crippen molar-refractivity contribution < 1.29 is 18.7 Å². The Labute approximate surface area is 163 Å². The first-order valence-electron chi connectivity index (χ1n) is 8.17. The minimum absolute atomic E-state index is 0.172. The molecule has 140 valence electrons. The lowest BCUT2D eigenvalue weighted by Crippen LogP contribution is -2.22. The Morgan fingerprint density at radius 3 is 3.00 bits per heavy atom. The summed E-state index contributed by atoms with van der Waals surface area (Å²) >= 11 is 2.78. The number of carbonyl (C=O) groups excluding carboxylic acids is 1. The largest absolute Gasteiger partial charge is 0.454 e. The predicted octanol–water partition coefficient (Wildman–Crippen LogP) is 3.27. The van der Waals surface area contributed by atoms with Gasteiger partial charge >= 0.3 is 0 Å². The number of fused-ring (bicyclic) bond motifs is 1. The maximum absolute atomic E-state index is 12.4. The van der Waals surface area contributed by atoms with Gasteiger partial charge in [-0.1, -0.05) is 11.8 Å². The molecule has 3 aromatic rings. The van der Waals surface area contributed by atoms with Crippen LogP contribution in [0.1, 0.15) is 23.5 Å². The van der Waals surface area contributed by atoms with Crippen molar-refractivity contribution in [2.24, 2.45) is 0 Å². The van der Waals surface area contributed by atoms with Crippen molar-refractivity contribution in [3.8, 4) is 11.5 Å². The van der Waals surface area contributed by atoms with Gasteiger partial charge in [-0.15, -0.1) is 21.5 Å². The van der Waals surface area contributed by atoms with E-state index in [9.17, 15) is 4.79 Å². The van der Waals surface area contributed by atoms with Crippen LogP contribution in [-0.4, -0.2) is 33.1 Å². The van der Waals surface area contributed by atoms with Gasteiger partial charge in [-0.2, -0.15) is 0 Å². The van der Waals surface area contributed by atoms with Crippen LogP contribution in [0, 0.1) is 6.92 Å². The SMILES string of the molecule is Cc1nc(Cc2nnc(S[C@H](C)C(=O)Nc3ccc4c(c3)OCO4)o2)cs1. The Morgan fingerprint density at radius 1 is 1.33 bits per heavy atom. The summed E-state index contributed by atoms with van der Waals surface area (Å²) in [7, 11) is 0. The zero-order chi connectivity index (χ0) is 18.8. The highest BCUT2D eigenvalue weighted by Gasteiger charge is 2.20. The molecule has 1 amide bonds. The summed E-state index contributed by atoms with van der Waals surface area (Å²) in [5.41, 5.74) is 1.54. The minimum Gasteiger partial charge on any atom is -0.454 e. The van der Waals surface area contributed by atoms with E-state index < -0.39 is 5.25 Å². The van der Waals surface area contributed by atoms with Crippen LogP contribution in [0.4, 0.5) is 5.69 Å². The monoisotopic (exact) mass is 404 g/mol. The molecule has 10 heteroatoms. The van der Waals surface area contributed by atoms with Gasteiger partial charge in [0.1, 0.15) is 0 Å². The highest BCUT2D eigenvalue weighted by atomic mass is 32.2. The Bertz CT molecular complexity index is 972. The van der Waals surface area contributed by atoms with Crippen LogP contribution < -0.4 is 14.8 Å². The number of nitrogens with zero attached hydrogens (tertiary/aromatic N) is 3. The predicted molar refractivity (Wildman–Crippen MR) is 100 cm³/mol. The number of amides is 1. The van der Waals surface area contributed by atoms with E-state index in [-0.39, 0.29) is 12.7 Å². The van der Waals surface area contributed by atoms with Crippen LogP contribution in [0.2, 0.25) is 0 Å². The Morgan fingerprint density at radius 2 is 2.19 bits per heavy atom. The van der Waals surface area contributed by atoms with Crippen LogP contribution in [0.15, 0.2) is 33.2 Å². The van der Waals surface area contributed by atoms with Crippen molar-refractivity contribution in [2.75, 3.05) is 12.1 Å². The average Bonchev–Trinajstić information content (AvgIpc) is 3.36. The lowest BCUT2D eigenvalue weighted by Gasteiger charge is -2.10. The fourth-order valence-electron chi connectivity index (χ4n) is 2.42. The molecule has 0 bridgehead atoms. The third-order valence-corrected chi connectivity index (χ3v) is 5.49. The highest BCUT2D eigenvalue weighted by Crippen LogP contribution is 2.34. The number of benzene rings is 1. The van der Waals surface area contributed by atoms with E-state index in [1.807, 2.05) is 12.3 Å². The third kappa shape index (κ3) is 4.22. The van der Waals surface area contributed by atoms with Crippen molar-refractivity contribution in [1.29, 1.82) is 0 Å².